The highest BCUT2D eigenvalue weighted by molar-refractivity contribution is 7.98. The maximum absolute atomic E-state index is 12.8. The van der Waals surface area contributed by atoms with Crippen molar-refractivity contribution in [1.82, 2.24) is 14.8 Å². The largest absolute Gasteiger partial charge is 0.463 e. The quantitative estimate of drug-likeness (QED) is 0.398. The third kappa shape index (κ3) is 4.48. The molecule has 6 nitrogen and oxygen atoms in total. The maximum atomic E-state index is 12.8. The van der Waals surface area contributed by atoms with E-state index in [1.54, 1.807) is 11.6 Å². The molecule has 0 saturated carbocycles. The van der Waals surface area contributed by atoms with Crippen molar-refractivity contribution in [3.05, 3.63) is 81.5 Å². The van der Waals surface area contributed by atoms with Gasteiger partial charge in [-0.1, -0.05) is 71.4 Å². The van der Waals surface area contributed by atoms with Crippen LogP contribution in [-0.2, 0) is 15.3 Å². The van der Waals surface area contributed by atoms with Crippen LogP contribution in [0.15, 0.2) is 65.0 Å². The van der Waals surface area contributed by atoms with Crippen molar-refractivity contribution in [3.8, 4) is 0 Å². The minimum absolute atomic E-state index is 0.305. The number of nitrogens with zero attached hydrogens (tertiary/aromatic N) is 3. The Morgan fingerprint density at radius 2 is 1.94 bits per heavy atom. The number of fused-ring (bicyclic) bond motifs is 1. The fraction of sp³-hybridized carbons (Fsp3) is 0.261. The number of aryl methyl sites for hydroxylation is 1. The van der Waals surface area contributed by atoms with Crippen molar-refractivity contribution in [2.75, 3.05) is 11.9 Å². The van der Waals surface area contributed by atoms with Gasteiger partial charge in [-0.15, -0.1) is 5.10 Å². The zero-order valence-electron chi connectivity index (χ0n) is 17.6. The minimum atomic E-state index is -0.418. The summed E-state index contributed by atoms with van der Waals surface area (Å²) >= 11 is 7.78. The molecule has 0 saturated heterocycles. The van der Waals surface area contributed by atoms with Gasteiger partial charge in [0.1, 0.15) is 6.04 Å². The molecule has 2 aromatic carbocycles. The van der Waals surface area contributed by atoms with Crippen molar-refractivity contribution >= 4 is 35.3 Å². The number of nitrogens with one attached hydrogen (secondary N) is 1. The predicted molar refractivity (Wildman–Crippen MR) is 123 cm³/mol. The highest BCUT2D eigenvalue weighted by atomic mass is 35.5. The molecule has 1 aliphatic rings. The molecule has 0 aliphatic carbocycles. The van der Waals surface area contributed by atoms with E-state index >= 15 is 0 Å². The average Bonchev–Trinajstić information content (AvgIpc) is 3.15. The Hall–Kier alpha value is -2.77. The van der Waals surface area contributed by atoms with Crippen LogP contribution in [0.1, 0.15) is 36.6 Å². The number of halogens is 1. The lowest BCUT2D eigenvalue weighted by Gasteiger charge is -2.28. The van der Waals surface area contributed by atoms with Gasteiger partial charge in [-0.3, -0.25) is 0 Å². The summed E-state index contributed by atoms with van der Waals surface area (Å²) in [7, 11) is 0. The summed E-state index contributed by atoms with van der Waals surface area (Å²) in [6.45, 7) is 6.00. The van der Waals surface area contributed by atoms with E-state index in [9.17, 15) is 4.79 Å². The topological polar surface area (TPSA) is 69.0 Å². The van der Waals surface area contributed by atoms with Crippen LogP contribution in [0.3, 0.4) is 0 Å². The van der Waals surface area contributed by atoms with E-state index in [4.69, 9.17) is 21.4 Å². The average molecular weight is 455 g/mol. The van der Waals surface area contributed by atoms with Gasteiger partial charge in [0.25, 0.3) is 0 Å². The number of ether oxygens (including phenoxy) is 1. The molecular formula is C23H23ClN4O2S. The molecule has 1 N–H and O–H groups in total. The predicted octanol–water partition coefficient (Wildman–Crippen LogP) is 5.38. The Morgan fingerprint density at radius 1 is 1.19 bits per heavy atom. The number of allylic oxidation sites excluding steroid dienone is 1. The molecule has 1 aromatic heterocycles. The van der Waals surface area contributed by atoms with Crippen LogP contribution in [0.4, 0.5) is 5.95 Å². The molecule has 1 aliphatic heterocycles. The summed E-state index contributed by atoms with van der Waals surface area (Å²) in [5.41, 5.74) is 4.36. The lowest BCUT2D eigenvalue weighted by atomic mass is 9.95. The van der Waals surface area contributed by atoms with Gasteiger partial charge in [-0.25, -0.2) is 9.48 Å². The van der Waals surface area contributed by atoms with E-state index in [-0.39, 0.29) is 5.97 Å². The van der Waals surface area contributed by atoms with Gasteiger partial charge in [0.05, 0.1) is 12.2 Å². The molecule has 0 radical (unpaired) electrons. The molecule has 0 unspecified atom stereocenters. The highest BCUT2D eigenvalue weighted by Crippen LogP contribution is 2.37. The lowest BCUT2D eigenvalue weighted by Crippen LogP contribution is -2.29. The molecular weight excluding hydrogens is 432 g/mol. The smallest absolute Gasteiger partial charge is 0.338 e. The summed E-state index contributed by atoms with van der Waals surface area (Å²) < 4.78 is 7.11. The molecule has 0 spiro atoms. The van der Waals surface area contributed by atoms with Crippen molar-refractivity contribution in [3.63, 3.8) is 0 Å². The minimum Gasteiger partial charge on any atom is -0.463 e. The number of anilines is 1. The Kier molecular flexibility index (Phi) is 6.34. The summed E-state index contributed by atoms with van der Waals surface area (Å²) in [6.07, 6.45) is 0. The lowest BCUT2D eigenvalue weighted by molar-refractivity contribution is -0.139. The zero-order chi connectivity index (χ0) is 22.0. The Balaban J connectivity index is 1.70. The Morgan fingerprint density at radius 3 is 2.65 bits per heavy atom. The molecule has 4 rings (SSSR count). The van der Waals surface area contributed by atoms with Gasteiger partial charge in [-0.05, 0) is 38.0 Å². The highest BCUT2D eigenvalue weighted by Gasteiger charge is 2.35. The van der Waals surface area contributed by atoms with Crippen LogP contribution in [-0.4, -0.2) is 27.3 Å². The molecule has 2 heterocycles. The van der Waals surface area contributed by atoms with Crippen LogP contribution in [0, 0.1) is 6.92 Å². The summed E-state index contributed by atoms with van der Waals surface area (Å²) in [5.74, 6) is 0.887. The first-order valence-electron chi connectivity index (χ1n) is 10.0. The second kappa shape index (κ2) is 9.16. The number of benzene rings is 2. The van der Waals surface area contributed by atoms with E-state index in [0.29, 0.717) is 34.7 Å². The standard InChI is InChI=1S/C23H23ClN4O2S/c1-4-30-21(29)19-15(3)25-22-26-23(31-13-17-7-5-6-8-18(17)24)27-28(22)20(19)16-11-9-14(2)10-12-16/h5-12,20H,4,13H2,1-3H3,(H,25,26,27)/t20-/m0/s1. The molecule has 0 fully saturated rings. The van der Waals surface area contributed by atoms with Gasteiger partial charge in [-0.2, -0.15) is 4.98 Å². The monoisotopic (exact) mass is 454 g/mol. The number of hydrogen-bond acceptors (Lipinski definition) is 6. The van der Waals surface area contributed by atoms with Crippen molar-refractivity contribution < 1.29 is 9.53 Å². The third-order valence-corrected chi connectivity index (χ3v) is 6.29. The number of rotatable bonds is 6. The summed E-state index contributed by atoms with van der Waals surface area (Å²) in [5, 5.41) is 9.27. The van der Waals surface area contributed by atoms with Crippen LogP contribution < -0.4 is 5.32 Å². The van der Waals surface area contributed by atoms with Crippen molar-refractivity contribution in [2.45, 2.75) is 37.7 Å². The Bertz CT molecular complexity index is 1140. The van der Waals surface area contributed by atoms with Crippen LogP contribution in [0.2, 0.25) is 5.02 Å². The molecule has 1 atom stereocenters. The van der Waals surface area contributed by atoms with Gasteiger partial charge in [0.15, 0.2) is 0 Å². The van der Waals surface area contributed by atoms with E-state index in [2.05, 4.69) is 10.3 Å². The Labute approximate surface area is 190 Å². The molecule has 0 amide bonds. The zero-order valence-corrected chi connectivity index (χ0v) is 19.1. The fourth-order valence-corrected chi connectivity index (χ4v) is 4.60. The summed E-state index contributed by atoms with van der Waals surface area (Å²) in [6, 6.07) is 15.4. The van der Waals surface area contributed by atoms with Gasteiger partial charge < -0.3 is 10.1 Å². The van der Waals surface area contributed by atoms with Gasteiger partial charge in [0, 0.05) is 16.5 Å². The fourth-order valence-electron chi connectivity index (χ4n) is 3.48. The third-order valence-electron chi connectivity index (χ3n) is 5.04. The molecule has 160 valence electrons. The normalized spacial score (nSPS) is 15.4. The first-order valence-corrected chi connectivity index (χ1v) is 11.4. The van der Waals surface area contributed by atoms with Crippen molar-refractivity contribution in [1.29, 1.82) is 0 Å². The number of thioether (sulfide) groups is 1. The van der Waals surface area contributed by atoms with Crippen LogP contribution in [0.5, 0.6) is 0 Å². The van der Waals surface area contributed by atoms with Crippen molar-refractivity contribution in [2.24, 2.45) is 0 Å². The second-order valence-electron chi connectivity index (χ2n) is 7.24. The van der Waals surface area contributed by atoms with Crippen LogP contribution >= 0.6 is 23.4 Å². The maximum Gasteiger partial charge on any atom is 0.338 e. The van der Waals surface area contributed by atoms with E-state index in [0.717, 1.165) is 21.7 Å². The van der Waals surface area contributed by atoms with Gasteiger partial charge >= 0.3 is 5.97 Å². The first kappa shape index (κ1) is 21.5. The number of carbonyl (C=O) groups excluding carboxylic acids is 1. The first-order chi connectivity index (χ1) is 15.0. The number of carbonyl (C=O) groups is 1. The van der Waals surface area contributed by atoms with E-state index < -0.39 is 6.04 Å². The molecule has 31 heavy (non-hydrogen) atoms. The molecule has 3 aromatic rings. The number of hydrogen-bond donors (Lipinski definition) is 1. The summed E-state index contributed by atoms with van der Waals surface area (Å²) in [4.78, 5) is 17.5. The number of aromatic nitrogens is 3. The van der Waals surface area contributed by atoms with E-state index in [1.165, 1.54) is 11.8 Å². The second-order valence-corrected chi connectivity index (χ2v) is 8.59. The molecule has 0 bridgehead atoms. The van der Waals surface area contributed by atoms with E-state index in [1.807, 2.05) is 62.4 Å². The molecule has 8 heteroatoms. The van der Waals surface area contributed by atoms with Crippen LogP contribution in [0.25, 0.3) is 0 Å². The number of esters is 1. The SMILES string of the molecule is CCOC(=O)C1=C(C)Nc2nc(SCc3ccccc3Cl)nn2[C@H]1c1ccc(C)cc1. The van der Waals surface area contributed by atoms with Gasteiger partial charge in [0.2, 0.25) is 11.1 Å².